The number of rotatable bonds is 11. The van der Waals surface area contributed by atoms with Gasteiger partial charge in [0.15, 0.2) is 5.96 Å². The second-order valence-electron chi connectivity index (χ2n) is 6.49. The van der Waals surface area contributed by atoms with E-state index in [-0.39, 0.29) is 5.75 Å². The van der Waals surface area contributed by atoms with E-state index in [9.17, 15) is 8.42 Å². The highest BCUT2D eigenvalue weighted by Gasteiger charge is 2.14. The van der Waals surface area contributed by atoms with Crippen LogP contribution in [-0.2, 0) is 14.8 Å². The molecule has 0 amide bonds. The molecule has 0 atom stereocenters. The molecule has 0 aromatic carbocycles. The third kappa shape index (κ3) is 9.42. The van der Waals surface area contributed by atoms with Crippen molar-refractivity contribution in [1.82, 2.24) is 14.9 Å². The molecule has 8 heteroatoms. The average molecular weight is 377 g/mol. The minimum absolute atomic E-state index is 0.142. The maximum atomic E-state index is 11.7. The van der Waals surface area contributed by atoms with Crippen LogP contribution >= 0.6 is 0 Å². The fourth-order valence-corrected chi connectivity index (χ4v) is 3.70. The third-order valence-electron chi connectivity index (χ3n) is 4.52. The van der Waals surface area contributed by atoms with Gasteiger partial charge in [0, 0.05) is 40.3 Å². The zero-order chi connectivity index (χ0) is 18.5. The van der Waals surface area contributed by atoms with Crippen molar-refractivity contribution < 1.29 is 13.2 Å². The summed E-state index contributed by atoms with van der Waals surface area (Å²) < 4.78 is 30.6. The number of guanidine groups is 1. The lowest BCUT2D eigenvalue weighted by Gasteiger charge is -2.22. The number of hydrogen-bond acceptors (Lipinski definition) is 4. The van der Waals surface area contributed by atoms with Crippen molar-refractivity contribution in [1.29, 1.82) is 0 Å². The van der Waals surface area contributed by atoms with Crippen molar-refractivity contribution in [3.05, 3.63) is 0 Å². The predicted molar refractivity (Wildman–Crippen MR) is 104 cm³/mol. The van der Waals surface area contributed by atoms with Crippen LogP contribution < -0.4 is 10.6 Å². The Labute approximate surface area is 153 Å². The van der Waals surface area contributed by atoms with Gasteiger partial charge in [0.2, 0.25) is 10.0 Å². The second kappa shape index (κ2) is 12.5. The molecule has 1 aliphatic rings. The lowest BCUT2D eigenvalue weighted by molar-refractivity contribution is 0.0277. The molecule has 0 bridgehead atoms. The molecular weight excluding hydrogens is 340 g/mol. The Morgan fingerprint density at radius 2 is 1.80 bits per heavy atom. The SMILES string of the molecule is CCS(=O)(=O)N(C)CCCNC(=NC)NCCCOC1CCCCC1. The van der Waals surface area contributed by atoms with Gasteiger partial charge in [-0.2, -0.15) is 0 Å². The number of sulfonamides is 1. The average Bonchev–Trinajstić information content (AvgIpc) is 2.63. The summed E-state index contributed by atoms with van der Waals surface area (Å²) in [6.07, 6.45) is 8.52. The van der Waals surface area contributed by atoms with E-state index in [1.165, 1.54) is 36.4 Å². The Kier molecular flexibility index (Phi) is 11.1. The van der Waals surface area contributed by atoms with Crippen molar-refractivity contribution in [3.8, 4) is 0 Å². The fraction of sp³-hybridized carbons (Fsp3) is 0.941. The van der Waals surface area contributed by atoms with Crippen LogP contribution in [0.25, 0.3) is 0 Å². The summed E-state index contributed by atoms with van der Waals surface area (Å²) in [6, 6.07) is 0. The molecule has 1 aliphatic carbocycles. The number of nitrogens with one attached hydrogen (secondary N) is 2. The first-order valence-corrected chi connectivity index (χ1v) is 11.1. The summed E-state index contributed by atoms with van der Waals surface area (Å²) in [5.74, 6) is 0.891. The van der Waals surface area contributed by atoms with Gasteiger partial charge in [0.05, 0.1) is 11.9 Å². The summed E-state index contributed by atoms with van der Waals surface area (Å²) in [5.41, 5.74) is 0. The van der Waals surface area contributed by atoms with Gasteiger partial charge in [-0.1, -0.05) is 19.3 Å². The van der Waals surface area contributed by atoms with Crippen LogP contribution in [0, 0.1) is 0 Å². The smallest absolute Gasteiger partial charge is 0.213 e. The molecule has 1 rings (SSSR count). The maximum absolute atomic E-state index is 11.7. The summed E-state index contributed by atoms with van der Waals surface area (Å²) in [4.78, 5) is 4.18. The van der Waals surface area contributed by atoms with Crippen LogP contribution in [0.4, 0.5) is 0 Å². The van der Waals surface area contributed by atoms with E-state index < -0.39 is 10.0 Å². The molecule has 0 heterocycles. The lowest BCUT2D eigenvalue weighted by atomic mass is 9.98. The van der Waals surface area contributed by atoms with Gasteiger partial charge in [0.1, 0.15) is 0 Å². The van der Waals surface area contributed by atoms with Crippen molar-refractivity contribution in [3.63, 3.8) is 0 Å². The standard InChI is InChI=1S/C17H36N4O3S/c1-4-25(22,23)21(3)14-8-12-19-17(18-2)20-13-9-15-24-16-10-6-5-7-11-16/h16H,4-15H2,1-3H3,(H2,18,19,20). The predicted octanol–water partition coefficient (Wildman–Crippen LogP) is 1.56. The van der Waals surface area contributed by atoms with Gasteiger partial charge < -0.3 is 15.4 Å². The number of nitrogens with zero attached hydrogens (tertiary/aromatic N) is 2. The Morgan fingerprint density at radius 3 is 2.40 bits per heavy atom. The fourth-order valence-electron chi connectivity index (χ4n) is 2.85. The van der Waals surface area contributed by atoms with Crippen LogP contribution in [0.15, 0.2) is 4.99 Å². The number of ether oxygens (including phenoxy) is 1. The van der Waals surface area contributed by atoms with E-state index in [0.29, 0.717) is 19.2 Å². The summed E-state index contributed by atoms with van der Waals surface area (Å²) >= 11 is 0. The minimum Gasteiger partial charge on any atom is -0.378 e. The molecule has 1 saturated carbocycles. The quantitative estimate of drug-likeness (QED) is 0.325. The lowest BCUT2D eigenvalue weighted by Crippen LogP contribution is -2.39. The zero-order valence-electron chi connectivity index (χ0n) is 16.1. The highest BCUT2D eigenvalue weighted by molar-refractivity contribution is 7.89. The zero-order valence-corrected chi connectivity index (χ0v) is 16.9. The topological polar surface area (TPSA) is 83.0 Å². The van der Waals surface area contributed by atoms with Crippen molar-refractivity contribution in [2.45, 2.75) is 58.0 Å². The van der Waals surface area contributed by atoms with Crippen LogP contribution in [0.2, 0.25) is 0 Å². The van der Waals surface area contributed by atoms with Crippen LogP contribution in [0.3, 0.4) is 0 Å². The molecule has 0 unspecified atom stereocenters. The highest BCUT2D eigenvalue weighted by atomic mass is 32.2. The highest BCUT2D eigenvalue weighted by Crippen LogP contribution is 2.20. The Morgan fingerprint density at radius 1 is 1.16 bits per heavy atom. The molecule has 0 saturated heterocycles. The summed E-state index contributed by atoms with van der Waals surface area (Å²) in [6.45, 7) is 4.45. The minimum atomic E-state index is -3.09. The first-order chi connectivity index (χ1) is 12.0. The van der Waals surface area contributed by atoms with Gasteiger partial charge in [0.25, 0.3) is 0 Å². The molecule has 0 spiro atoms. The van der Waals surface area contributed by atoms with Crippen molar-refractivity contribution >= 4 is 16.0 Å². The Balaban J connectivity index is 2.06. The molecule has 2 N–H and O–H groups in total. The van der Waals surface area contributed by atoms with Crippen LogP contribution in [0.5, 0.6) is 0 Å². The van der Waals surface area contributed by atoms with E-state index >= 15 is 0 Å². The molecule has 0 aliphatic heterocycles. The molecule has 1 fully saturated rings. The third-order valence-corrected chi connectivity index (χ3v) is 6.39. The monoisotopic (exact) mass is 376 g/mol. The second-order valence-corrected chi connectivity index (χ2v) is 8.85. The molecule has 0 aromatic rings. The summed E-state index contributed by atoms with van der Waals surface area (Å²) in [7, 11) is 0.272. The summed E-state index contributed by atoms with van der Waals surface area (Å²) in [5, 5.41) is 6.47. The van der Waals surface area contributed by atoms with Crippen molar-refractivity contribution in [2.24, 2.45) is 4.99 Å². The van der Waals surface area contributed by atoms with Gasteiger partial charge in [-0.15, -0.1) is 0 Å². The van der Waals surface area contributed by atoms with Gasteiger partial charge in [-0.05, 0) is 32.6 Å². The maximum Gasteiger partial charge on any atom is 0.213 e. The van der Waals surface area contributed by atoms with E-state index in [1.54, 1.807) is 21.0 Å². The van der Waals surface area contributed by atoms with Gasteiger partial charge >= 0.3 is 0 Å². The first-order valence-electron chi connectivity index (χ1n) is 9.49. The van der Waals surface area contributed by atoms with Gasteiger partial charge in [-0.3, -0.25) is 4.99 Å². The van der Waals surface area contributed by atoms with E-state index in [4.69, 9.17) is 4.74 Å². The van der Waals surface area contributed by atoms with E-state index in [0.717, 1.165) is 32.0 Å². The van der Waals surface area contributed by atoms with Crippen LogP contribution in [0.1, 0.15) is 51.9 Å². The van der Waals surface area contributed by atoms with E-state index in [1.807, 2.05) is 0 Å². The van der Waals surface area contributed by atoms with Crippen molar-refractivity contribution in [2.75, 3.05) is 46.1 Å². The van der Waals surface area contributed by atoms with E-state index in [2.05, 4.69) is 15.6 Å². The molecule has 25 heavy (non-hydrogen) atoms. The molecule has 0 radical (unpaired) electrons. The first kappa shape index (κ1) is 22.2. The number of aliphatic imine (C=N–C) groups is 1. The normalized spacial score (nSPS) is 17.0. The molecule has 148 valence electrons. The van der Waals surface area contributed by atoms with Crippen LogP contribution in [-0.4, -0.2) is 70.9 Å². The molecule has 0 aromatic heterocycles. The molecule has 7 nitrogen and oxygen atoms in total. The van der Waals surface area contributed by atoms with Gasteiger partial charge in [-0.25, -0.2) is 12.7 Å². The number of hydrogen-bond donors (Lipinski definition) is 2. The largest absolute Gasteiger partial charge is 0.378 e. The Bertz CT molecular complexity index is 476. The Hall–Kier alpha value is -0.860. The molecular formula is C17H36N4O3S.